The number of methoxy groups -OCH3 is 3. The van der Waals surface area contributed by atoms with Gasteiger partial charge in [-0.1, -0.05) is 46.3 Å². The zero-order chi connectivity index (χ0) is 27.9. The van der Waals surface area contributed by atoms with Gasteiger partial charge in [-0.25, -0.2) is 4.79 Å². The predicted octanol–water partition coefficient (Wildman–Crippen LogP) is 7.02. The number of ether oxygens (including phenoxy) is 4. The van der Waals surface area contributed by atoms with Crippen molar-refractivity contribution in [2.75, 3.05) is 27.9 Å². The molecule has 0 saturated heterocycles. The third-order valence-corrected chi connectivity index (χ3v) is 8.19. The maximum Gasteiger partial charge on any atom is 0.410 e. The molecule has 0 unspecified atom stereocenters. The van der Waals surface area contributed by atoms with Crippen LogP contribution in [0, 0.1) is 0 Å². The molecular weight excluding hydrogens is 558 g/mol. The number of carbonyl (C=O) groups excluding carboxylic acids is 1. The summed E-state index contributed by atoms with van der Waals surface area (Å²) in [6.07, 6.45) is 2.61. The Morgan fingerprint density at radius 1 is 0.949 bits per heavy atom. The smallest absolute Gasteiger partial charge is 0.410 e. The second kappa shape index (κ2) is 10.3. The van der Waals surface area contributed by atoms with Crippen LogP contribution in [0.3, 0.4) is 0 Å². The quantitative estimate of drug-likeness (QED) is 0.319. The Balaban J connectivity index is 1.84. The normalized spacial score (nSPS) is 20.0. The number of hydrogen-bond acceptors (Lipinski definition) is 5. The minimum absolute atomic E-state index is 0.237. The Kier molecular flexibility index (Phi) is 7.14. The lowest BCUT2D eigenvalue weighted by atomic mass is 9.68. The SMILES string of the molecule is COc1cccc([C@]23C=C(c4cc(OC)ccc4Br)CN(C(=O)OC(C)(C)C)[C@H]2Cc2cccc(OC)c23)c1. The molecule has 204 valence electrons. The Morgan fingerprint density at radius 3 is 2.36 bits per heavy atom. The number of carbonyl (C=O) groups is 1. The van der Waals surface area contributed by atoms with Gasteiger partial charge in [0, 0.05) is 16.6 Å². The molecule has 0 spiro atoms. The van der Waals surface area contributed by atoms with Gasteiger partial charge in [0.1, 0.15) is 22.8 Å². The Bertz CT molecular complexity index is 1440. The summed E-state index contributed by atoms with van der Waals surface area (Å²) in [5, 5.41) is 0. The molecule has 2 aliphatic rings. The monoisotopic (exact) mass is 591 g/mol. The topological polar surface area (TPSA) is 57.2 Å². The summed E-state index contributed by atoms with van der Waals surface area (Å²) in [5.74, 6) is 2.26. The maximum absolute atomic E-state index is 13.9. The maximum atomic E-state index is 13.9. The van der Waals surface area contributed by atoms with E-state index in [1.54, 1.807) is 21.3 Å². The fraction of sp³-hybridized carbons (Fsp3) is 0.344. The highest BCUT2D eigenvalue weighted by atomic mass is 79.9. The molecule has 5 rings (SSSR count). The molecule has 1 amide bonds. The lowest BCUT2D eigenvalue weighted by molar-refractivity contribution is 0.0146. The van der Waals surface area contributed by atoms with Gasteiger partial charge in [-0.3, -0.25) is 4.90 Å². The van der Waals surface area contributed by atoms with E-state index in [-0.39, 0.29) is 12.1 Å². The van der Waals surface area contributed by atoms with Crippen molar-refractivity contribution in [3.8, 4) is 17.2 Å². The molecule has 0 radical (unpaired) electrons. The highest BCUT2D eigenvalue weighted by Gasteiger charge is 2.55. The first-order valence-electron chi connectivity index (χ1n) is 13.0. The molecule has 1 heterocycles. The van der Waals surface area contributed by atoms with Gasteiger partial charge in [0.2, 0.25) is 0 Å². The lowest BCUT2D eigenvalue weighted by Gasteiger charge is -2.46. The van der Waals surface area contributed by atoms with E-state index in [4.69, 9.17) is 18.9 Å². The molecule has 0 fully saturated rings. The summed E-state index contributed by atoms with van der Waals surface area (Å²) in [6.45, 7) is 6.07. The standard InChI is InChI=1S/C32H34BrNO5/c1-31(2,3)39-30(35)34-19-21(25-17-24(37-5)13-14-26(25)33)18-32(22-10-8-11-23(16-22)36-4)28(34)15-20-9-7-12-27(38-6)29(20)32/h7-14,16-18,28H,15,19H2,1-6H3/t28-,32+/m0/s1. The van der Waals surface area contributed by atoms with Crippen molar-refractivity contribution in [3.63, 3.8) is 0 Å². The molecular formula is C32H34BrNO5. The molecule has 1 aliphatic carbocycles. The van der Waals surface area contributed by atoms with Crippen molar-refractivity contribution < 1.29 is 23.7 Å². The Hall–Kier alpha value is -3.45. The van der Waals surface area contributed by atoms with Gasteiger partial charge in [-0.05, 0) is 85.9 Å². The van der Waals surface area contributed by atoms with Crippen LogP contribution in [-0.4, -0.2) is 50.5 Å². The molecule has 1 aliphatic heterocycles. The van der Waals surface area contributed by atoms with E-state index in [9.17, 15) is 4.79 Å². The average molecular weight is 593 g/mol. The van der Waals surface area contributed by atoms with E-state index in [2.05, 4.69) is 40.2 Å². The molecule has 0 bridgehead atoms. The van der Waals surface area contributed by atoms with Gasteiger partial charge in [-0.15, -0.1) is 0 Å². The van der Waals surface area contributed by atoms with Crippen molar-refractivity contribution >= 4 is 27.6 Å². The summed E-state index contributed by atoms with van der Waals surface area (Å²) in [5.41, 5.74) is 3.77. The van der Waals surface area contributed by atoms with Gasteiger partial charge in [0.25, 0.3) is 0 Å². The number of nitrogens with zero attached hydrogens (tertiary/aromatic N) is 1. The molecule has 39 heavy (non-hydrogen) atoms. The largest absolute Gasteiger partial charge is 0.497 e. The number of halogens is 1. The van der Waals surface area contributed by atoms with E-state index < -0.39 is 11.0 Å². The van der Waals surface area contributed by atoms with Gasteiger partial charge in [-0.2, -0.15) is 0 Å². The summed E-state index contributed by atoms with van der Waals surface area (Å²) in [4.78, 5) is 15.8. The van der Waals surface area contributed by atoms with Gasteiger partial charge >= 0.3 is 6.09 Å². The zero-order valence-electron chi connectivity index (χ0n) is 23.2. The van der Waals surface area contributed by atoms with Crippen LogP contribution in [0.5, 0.6) is 17.2 Å². The van der Waals surface area contributed by atoms with Crippen LogP contribution in [0.25, 0.3) is 5.57 Å². The minimum atomic E-state index is -0.719. The molecule has 0 aromatic heterocycles. The molecule has 3 aromatic carbocycles. The van der Waals surface area contributed by atoms with E-state index in [0.717, 1.165) is 49.5 Å². The van der Waals surface area contributed by atoms with Crippen LogP contribution in [0.4, 0.5) is 4.79 Å². The van der Waals surface area contributed by atoms with Crippen molar-refractivity contribution in [1.82, 2.24) is 4.90 Å². The summed E-state index contributed by atoms with van der Waals surface area (Å²) >= 11 is 3.75. The predicted molar refractivity (Wildman–Crippen MR) is 156 cm³/mol. The van der Waals surface area contributed by atoms with Crippen LogP contribution in [0.1, 0.15) is 43.0 Å². The molecule has 2 atom stereocenters. The van der Waals surface area contributed by atoms with Crippen molar-refractivity contribution in [3.05, 3.63) is 93.5 Å². The number of amides is 1. The third-order valence-electron chi connectivity index (χ3n) is 7.50. The van der Waals surface area contributed by atoms with E-state index in [1.165, 1.54) is 0 Å². The highest BCUT2D eigenvalue weighted by Crippen LogP contribution is 2.55. The highest BCUT2D eigenvalue weighted by molar-refractivity contribution is 9.10. The number of rotatable bonds is 5. The number of hydrogen-bond donors (Lipinski definition) is 0. The number of benzene rings is 3. The fourth-order valence-corrected chi connectivity index (χ4v) is 6.42. The Labute approximate surface area is 238 Å². The fourth-order valence-electron chi connectivity index (χ4n) is 5.91. The van der Waals surface area contributed by atoms with Gasteiger partial charge in [0.15, 0.2) is 0 Å². The lowest BCUT2D eigenvalue weighted by Crippen LogP contribution is -2.55. The summed E-state index contributed by atoms with van der Waals surface area (Å²) in [6, 6.07) is 19.9. The average Bonchev–Trinajstić information content (AvgIpc) is 3.27. The minimum Gasteiger partial charge on any atom is -0.497 e. The Morgan fingerprint density at radius 2 is 1.67 bits per heavy atom. The second-order valence-electron chi connectivity index (χ2n) is 10.9. The van der Waals surface area contributed by atoms with E-state index in [0.29, 0.717) is 13.0 Å². The summed E-state index contributed by atoms with van der Waals surface area (Å²) < 4.78 is 24.1. The number of fused-ring (bicyclic) bond motifs is 3. The van der Waals surface area contributed by atoms with E-state index in [1.807, 2.05) is 68.1 Å². The molecule has 0 saturated carbocycles. The van der Waals surface area contributed by atoms with Crippen molar-refractivity contribution in [2.45, 2.75) is 44.2 Å². The molecule has 3 aromatic rings. The second-order valence-corrected chi connectivity index (χ2v) is 11.8. The van der Waals surface area contributed by atoms with Gasteiger partial charge in [0.05, 0.1) is 32.8 Å². The van der Waals surface area contributed by atoms with Gasteiger partial charge < -0.3 is 18.9 Å². The third kappa shape index (κ3) is 4.78. The van der Waals surface area contributed by atoms with Crippen LogP contribution < -0.4 is 14.2 Å². The zero-order valence-corrected chi connectivity index (χ0v) is 24.8. The van der Waals surface area contributed by atoms with Crippen molar-refractivity contribution in [1.29, 1.82) is 0 Å². The first-order valence-corrected chi connectivity index (χ1v) is 13.8. The van der Waals surface area contributed by atoms with Crippen LogP contribution in [-0.2, 0) is 16.6 Å². The first kappa shape index (κ1) is 27.1. The first-order chi connectivity index (χ1) is 18.6. The van der Waals surface area contributed by atoms with Crippen molar-refractivity contribution in [2.24, 2.45) is 0 Å². The van der Waals surface area contributed by atoms with Crippen LogP contribution >= 0.6 is 15.9 Å². The van der Waals surface area contributed by atoms with Crippen LogP contribution in [0.15, 0.2) is 71.2 Å². The van der Waals surface area contributed by atoms with Crippen LogP contribution in [0.2, 0.25) is 0 Å². The molecule has 0 N–H and O–H groups in total. The molecule has 7 heteroatoms. The van der Waals surface area contributed by atoms with E-state index >= 15 is 0 Å². The molecule has 6 nitrogen and oxygen atoms in total. The summed E-state index contributed by atoms with van der Waals surface area (Å²) in [7, 11) is 5.01.